The Bertz CT molecular complexity index is 1490. The van der Waals surface area contributed by atoms with Crippen LogP contribution in [0.1, 0.15) is 25.7 Å². The maximum atomic E-state index is 4.39. The smallest absolute Gasteiger partial charge is 0.385 e. The van der Waals surface area contributed by atoms with Crippen LogP contribution in [0.25, 0.3) is 0 Å². The van der Waals surface area contributed by atoms with Crippen LogP contribution in [-0.4, -0.2) is 55.4 Å². The van der Waals surface area contributed by atoms with Crippen molar-refractivity contribution in [3.05, 3.63) is 85.5 Å². The molecule has 1 N–H and O–H groups in total. The maximum absolute atomic E-state index is 4.39. The number of imidazole rings is 1. The van der Waals surface area contributed by atoms with Gasteiger partial charge in [-0.2, -0.15) is 10.2 Å². The minimum absolute atomic E-state index is 0.810. The summed E-state index contributed by atoms with van der Waals surface area (Å²) in [5, 5.41) is 21.0. The number of hydrogen-bond acceptors (Lipinski definition) is 6. The molecule has 44 heavy (non-hydrogen) atoms. The standard InChI is InChI=1S/C34H46N10/c1-40-20-17-32(18-21-40)37-36-31-13-15-33(16-14-31)43-24-27-44(4,28-25-43)26-8-6-5-7-19-35-29-9-11-30(12-10-29)38-39-34-41(2)22-23-42(34)3/h9-18,20-23H,5-8,19,24-28H2,1-4H3/q+2/p+1. The molecule has 2 aromatic carbocycles. The van der Waals surface area contributed by atoms with E-state index in [9.17, 15) is 0 Å². The van der Waals surface area contributed by atoms with Crippen molar-refractivity contribution in [1.29, 1.82) is 0 Å². The third-order valence-corrected chi connectivity index (χ3v) is 8.50. The third-order valence-electron chi connectivity index (χ3n) is 8.50. The Morgan fingerprint density at radius 3 is 1.95 bits per heavy atom. The van der Waals surface area contributed by atoms with E-state index in [1.165, 1.54) is 55.5 Å². The molecule has 0 spiro atoms. The Kier molecular flexibility index (Phi) is 10.5. The van der Waals surface area contributed by atoms with Crippen molar-refractivity contribution in [1.82, 2.24) is 4.57 Å². The second-order valence-corrected chi connectivity index (χ2v) is 12.1. The summed E-state index contributed by atoms with van der Waals surface area (Å²) in [6.07, 6.45) is 12.9. The highest BCUT2D eigenvalue weighted by molar-refractivity contribution is 5.53. The van der Waals surface area contributed by atoms with Gasteiger partial charge in [-0.3, -0.25) is 0 Å². The van der Waals surface area contributed by atoms with Crippen LogP contribution >= 0.6 is 0 Å². The SMILES string of the molecule is Cn1cc[n+](C)c1N=Nc1ccc(NCCCCCC[N+]2(C)CCN(c3ccc(N=Nc4cc[n+](C)cc4)cc3)CC2)cc1. The number of hydrogen-bond donors (Lipinski definition) is 1. The predicted molar refractivity (Wildman–Crippen MR) is 175 cm³/mol. The minimum atomic E-state index is 0.810. The van der Waals surface area contributed by atoms with Gasteiger partial charge in [-0.15, -0.1) is 0 Å². The van der Waals surface area contributed by atoms with Gasteiger partial charge in [0.15, 0.2) is 12.4 Å². The number of piperazine rings is 1. The first-order valence-corrected chi connectivity index (χ1v) is 15.7. The average molecular weight is 596 g/mol. The van der Waals surface area contributed by atoms with Crippen molar-refractivity contribution in [2.45, 2.75) is 25.7 Å². The van der Waals surface area contributed by atoms with Gasteiger partial charge < -0.3 is 14.7 Å². The fraction of sp³-hybridized carbons (Fsp3) is 0.412. The lowest BCUT2D eigenvalue weighted by Crippen LogP contribution is -2.57. The van der Waals surface area contributed by atoms with Gasteiger partial charge in [-0.05, 0) is 67.8 Å². The van der Waals surface area contributed by atoms with E-state index >= 15 is 0 Å². The van der Waals surface area contributed by atoms with Crippen molar-refractivity contribution >= 4 is 34.4 Å². The number of quaternary nitrogens is 1. The molecule has 4 aromatic rings. The highest BCUT2D eigenvalue weighted by Gasteiger charge is 2.28. The number of azo groups is 2. The number of aryl methyl sites for hydroxylation is 3. The molecule has 0 unspecified atom stereocenters. The normalized spacial score (nSPS) is 15.0. The Morgan fingerprint density at radius 1 is 0.727 bits per heavy atom. The monoisotopic (exact) mass is 595 g/mol. The quantitative estimate of drug-likeness (QED) is 0.0835. The fourth-order valence-corrected chi connectivity index (χ4v) is 5.51. The number of aromatic nitrogens is 3. The minimum Gasteiger partial charge on any atom is -0.385 e. The lowest BCUT2D eigenvalue weighted by molar-refractivity contribution is -0.910. The van der Waals surface area contributed by atoms with Gasteiger partial charge >= 0.3 is 5.95 Å². The summed E-state index contributed by atoms with van der Waals surface area (Å²) in [4.78, 5) is 2.50. The molecule has 2 aromatic heterocycles. The van der Waals surface area contributed by atoms with Crippen molar-refractivity contribution in [3.8, 4) is 0 Å². The van der Waals surface area contributed by atoms with Crippen LogP contribution in [0.5, 0.6) is 0 Å². The van der Waals surface area contributed by atoms with E-state index in [2.05, 4.69) is 74.1 Å². The van der Waals surface area contributed by atoms with E-state index in [4.69, 9.17) is 0 Å². The van der Waals surface area contributed by atoms with E-state index in [-0.39, 0.29) is 0 Å². The molecule has 0 bridgehead atoms. The first-order chi connectivity index (χ1) is 21.4. The predicted octanol–water partition coefficient (Wildman–Crippen LogP) is 6.44. The summed E-state index contributed by atoms with van der Waals surface area (Å²) < 4.78 is 7.05. The summed E-state index contributed by atoms with van der Waals surface area (Å²) in [6, 6.07) is 20.6. The van der Waals surface area contributed by atoms with Crippen LogP contribution in [0, 0.1) is 0 Å². The molecule has 230 valence electrons. The molecule has 1 aliphatic rings. The molecule has 0 saturated carbocycles. The Balaban J connectivity index is 0.950. The number of benzene rings is 2. The maximum Gasteiger partial charge on any atom is 0.421 e. The van der Waals surface area contributed by atoms with E-state index in [1.807, 2.05) is 83.9 Å². The van der Waals surface area contributed by atoms with Crippen molar-refractivity contribution in [2.24, 2.45) is 41.6 Å². The van der Waals surface area contributed by atoms with Crippen LogP contribution in [0.4, 0.5) is 34.4 Å². The molecule has 0 aliphatic carbocycles. The molecule has 0 radical (unpaired) electrons. The molecule has 10 heteroatoms. The summed E-state index contributed by atoms with van der Waals surface area (Å²) in [6.45, 7) is 6.81. The van der Waals surface area contributed by atoms with Gasteiger partial charge in [-0.1, -0.05) is 11.5 Å². The topological polar surface area (TPSA) is 77.4 Å². The molecular formula is C34H47N10+3. The van der Waals surface area contributed by atoms with Gasteiger partial charge in [0.25, 0.3) is 0 Å². The van der Waals surface area contributed by atoms with E-state index < -0.39 is 0 Å². The Hall–Kier alpha value is -4.44. The number of nitrogens with one attached hydrogen (secondary N) is 1. The van der Waals surface area contributed by atoms with E-state index in [0.29, 0.717) is 0 Å². The summed E-state index contributed by atoms with van der Waals surface area (Å²) in [5.41, 5.74) is 4.99. The third kappa shape index (κ3) is 8.79. The molecule has 5 rings (SSSR count). The molecule has 1 fully saturated rings. The zero-order chi connectivity index (χ0) is 30.8. The van der Waals surface area contributed by atoms with Crippen LogP contribution in [-0.2, 0) is 21.1 Å². The number of rotatable bonds is 13. The van der Waals surface area contributed by atoms with Gasteiger partial charge in [-0.25, -0.2) is 13.7 Å². The van der Waals surface area contributed by atoms with Crippen molar-refractivity contribution in [3.63, 3.8) is 0 Å². The molecule has 1 saturated heterocycles. The lowest BCUT2D eigenvalue weighted by Gasteiger charge is -2.43. The molecule has 10 nitrogen and oxygen atoms in total. The van der Waals surface area contributed by atoms with Crippen LogP contribution in [0.3, 0.4) is 0 Å². The Labute approximate surface area is 261 Å². The second-order valence-electron chi connectivity index (χ2n) is 12.1. The number of unbranched alkanes of at least 4 members (excludes halogenated alkanes) is 3. The molecule has 1 aliphatic heterocycles. The molecular weight excluding hydrogens is 548 g/mol. The van der Waals surface area contributed by atoms with Crippen LogP contribution in [0.15, 0.2) is 106 Å². The molecule has 0 atom stereocenters. The first-order valence-electron chi connectivity index (χ1n) is 15.7. The first kappa shape index (κ1) is 31.0. The van der Waals surface area contributed by atoms with Gasteiger partial charge in [0.1, 0.15) is 12.7 Å². The molecule has 0 amide bonds. The number of nitrogens with zero attached hydrogens (tertiary/aromatic N) is 9. The fourth-order valence-electron chi connectivity index (χ4n) is 5.51. The number of pyridine rings is 1. The van der Waals surface area contributed by atoms with Crippen molar-refractivity contribution in [2.75, 3.05) is 56.5 Å². The van der Waals surface area contributed by atoms with Crippen LogP contribution in [0.2, 0.25) is 0 Å². The number of likely N-dealkylation sites (N-methyl/N-ethyl adjacent to an activating group) is 1. The highest BCUT2D eigenvalue weighted by atomic mass is 15.4. The lowest BCUT2D eigenvalue weighted by atomic mass is 10.1. The van der Waals surface area contributed by atoms with Gasteiger partial charge in [0.2, 0.25) is 0 Å². The van der Waals surface area contributed by atoms with E-state index in [0.717, 1.165) is 48.3 Å². The summed E-state index contributed by atoms with van der Waals surface area (Å²) in [7, 11) is 8.35. The van der Waals surface area contributed by atoms with Crippen molar-refractivity contribution < 1.29 is 13.6 Å². The molecule has 3 heterocycles. The Morgan fingerprint density at radius 2 is 1.32 bits per heavy atom. The van der Waals surface area contributed by atoms with E-state index in [1.54, 1.807) is 0 Å². The zero-order valence-electron chi connectivity index (χ0n) is 26.7. The number of anilines is 2. The average Bonchev–Trinajstić information content (AvgIpc) is 3.36. The summed E-state index contributed by atoms with van der Waals surface area (Å²) in [5.74, 6) is 0.810. The van der Waals surface area contributed by atoms with Crippen LogP contribution < -0.4 is 19.4 Å². The summed E-state index contributed by atoms with van der Waals surface area (Å²) >= 11 is 0. The van der Waals surface area contributed by atoms with Gasteiger partial charge in [0.05, 0.1) is 77.6 Å². The largest absolute Gasteiger partial charge is 0.421 e. The van der Waals surface area contributed by atoms with Gasteiger partial charge in [0, 0.05) is 35.2 Å². The highest BCUT2D eigenvalue weighted by Crippen LogP contribution is 2.24. The second kappa shape index (κ2) is 14.8. The zero-order valence-corrected chi connectivity index (χ0v) is 26.7.